The van der Waals surface area contributed by atoms with E-state index in [1.807, 2.05) is 43.3 Å². The van der Waals surface area contributed by atoms with Crippen LogP contribution in [0.1, 0.15) is 29.7 Å². The second kappa shape index (κ2) is 6.57. The quantitative estimate of drug-likeness (QED) is 0.757. The van der Waals surface area contributed by atoms with Crippen LogP contribution in [0, 0.1) is 63.1 Å². The molecule has 2 heterocycles. The first-order chi connectivity index (χ1) is 14.3. The molecule has 0 aliphatic carbocycles. The van der Waals surface area contributed by atoms with Gasteiger partial charge in [0.05, 0.1) is 24.1 Å². The van der Waals surface area contributed by atoms with Gasteiger partial charge in [0.2, 0.25) is 17.1 Å². The second-order valence-corrected chi connectivity index (χ2v) is 8.06. The predicted molar refractivity (Wildman–Crippen MR) is 108 cm³/mol. The summed E-state index contributed by atoms with van der Waals surface area (Å²) in [6, 6.07) is 20.2. The molecule has 148 valence electrons. The van der Waals surface area contributed by atoms with E-state index in [0.717, 1.165) is 5.56 Å². The zero-order valence-electron chi connectivity index (χ0n) is 16.3. The molecule has 4 atom stereocenters. The van der Waals surface area contributed by atoms with Crippen molar-refractivity contribution in [3.05, 3.63) is 70.2 Å². The van der Waals surface area contributed by atoms with E-state index in [2.05, 4.69) is 6.07 Å². The van der Waals surface area contributed by atoms with Crippen molar-refractivity contribution in [1.29, 1.82) is 21.2 Å². The Bertz CT molecular complexity index is 1160. The molecule has 0 amide bonds. The summed E-state index contributed by atoms with van der Waals surface area (Å²) < 4.78 is 12.4. The topological polar surface area (TPSA) is 114 Å². The first-order valence-electron chi connectivity index (χ1n) is 9.34. The fourth-order valence-electron chi connectivity index (χ4n) is 4.62. The van der Waals surface area contributed by atoms with Gasteiger partial charge in [0.15, 0.2) is 5.41 Å². The Kier molecular flexibility index (Phi) is 4.37. The van der Waals surface area contributed by atoms with Gasteiger partial charge < -0.3 is 9.47 Å². The molecule has 30 heavy (non-hydrogen) atoms. The molecule has 4 rings (SSSR count). The summed E-state index contributed by atoms with van der Waals surface area (Å²) in [7, 11) is 0. The summed E-state index contributed by atoms with van der Waals surface area (Å²) in [6.45, 7) is 3.61. The lowest BCUT2D eigenvalue weighted by atomic mass is 9.53. The molecule has 2 saturated heterocycles. The highest BCUT2D eigenvalue weighted by Gasteiger charge is 2.79. The summed E-state index contributed by atoms with van der Waals surface area (Å²) >= 11 is 6.41. The van der Waals surface area contributed by atoms with Crippen LogP contribution in [0.5, 0.6) is 0 Å². The van der Waals surface area contributed by atoms with Crippen molar-refractivity contribution in [3.8, 4) is 18.2 Å². The third-order valence-corrected chi connectivity index (χ3v) is 6.65. The minimum Gasteiger partial charge on any atom is -0.443 e. The second-order valence-electron chi connectivity index (χ2n) is 7.66. The smallest absolute Gasteiger partial charge is 0.244 e. The van der Waals surface area contributed by atoms with Crippen LogP contribution < -0.4 is 0 Å². The molecule has 2 aromatic rings. The Morgan fingerprint density at radius 1 is 1.00 bits per heavy atom. The minimum atomic E-state index is -2.03. The zero-order valence-corrected chi connectivity index (χ0v) is 17.1. The van der Waals surface area contributed by atoms with Crippen LogP contribution in [-0.4, -0.2) is 5.90 Å². The van der Waals surface area contributed by atoms with E-state index in [9.17, 15) is 15.8 Å². The Morgan fingerprint density at radius 2 is 1.63 bits per heavy atom. The Balaban J connectivity index is 2.06. The van der Waals surface area contributed by atoms with Crippen molar-refractivity contribution in [1.82, 2.24) is 0 Å². The van der Waals surface area contributed by atoms with Crippen LogP contribution in [0.25, 0.3) is 0 Å². The van der Waals surface area contributed by atoms with Gasteiger partial charge in [-0.2, -0.15) is 15.8 Å². The van der Waals surface area contributed by atoms with Crippen molar-refractivity contribution >= 4 is 17.5 Å². The maximum absolute atomic E-state index is 10.3. The van der Waals surface area contributed by atoms with Gasteiger partial charge in [0.25, 0.3) is 0 Å². The van der Waals surface area contributed by atoms with Crippen LogP contribution in [0.15, 0.2) is 48.5 Å². The Morgan fingerprint density at radius 3 is 2.20 bits per heavy atom. The number of nitrogens with zero attached hydrogens (tertiary/aromatic N) is 3. The highest BCUT2D eigenvalue weighted by Crippen LogP contribution is 2.69. The zero-order chi connectivity index (χ0) is 21.7. The summed E-state index contributed by atoms with van der Waals surface area (Å²) in [5.41, 5.74) is -1.87. The predicted octanol–water partition coefficient (Wildman–Crippen LogP) is 4.76. The standard InChI is InChI=1S/C23H17ClN4O2/c1-14-7-9-16(10-8-14)23-15(2)22(13-27,20(28)30-23)21(11-25,12-26)19(29-23)17-5-3-4-6-18(17)24/h3-10,15,19,28H,1-2H3. The van der Waals surface area contributed by atoms with Crippen LogP contribution >= 0.6 is 11.6 Å². The minimum absolute atomic E-state index is 0.296. The number of hydrogen-bond donors (Lipinski definition) is 1. The molecule has 4 unspecified atom stereocenters. The van der Waals surface area contributed by atoms with Gasteiger partial charge in [0, 0.05) is 16.1 Å². The monoisotopic (exact) mass is 416 g/mol. The fraction of sp³-hybridized carbons (Fsp3) is 0.304. The Hall–Kier alpha value is -3.37. The molecule has 0 radical (unpaired) electrons. The van der Waals surface area contributed by atoms with Gasteiger partial charge in [-0.25, -0.2) is 0 Å². The van der Waals surface area contributed by atoms with E-state index < -0.39 is 34.5 Å². The number of ether oxygens (including phenoxy) is 2. The van der Waals surface area contributed by atoms with Gasteiger partial charge in [-0.15, -0.1) is 0 Å². The number of nitriles is 3. The first-order valence-corrected chi connectivity index (χ1v) is 9.72. The molecule has 2 aromatic carbocycles. The van der Waals surface area contributed by atoms with E-state index >= 15 is 0 Å². The lowest BCUT2D eigenvalue weighted by Crippen LogP contribution is -2.57. The number of hydrogen-bond acceptors (Lipinski definition) is 6. The molecule has 2 aliphatic rings. The summed E-state index contributed by atoms with van der Waals surface area (Å²) in [6.07, 6.45) is -1.21. The average molecular weight is 417 g/mol. The molecule has 6 nitrogen and oxygen atoms in total. The highest BCUT2D eigenvalue weighted by atomic mass is 35.5. The summed E-state index contributed by atoms with van der Waals surface area (Å²) in [4.78, 5) is 0. The van der Waals surface area contributed by atoms with Gasteiger partial charge in [-0.1, -0.05) is 66.6 Å². The largest absolute Gasteiger partial charge is 0.443 e. The molecule has 0 saturated carbocycles. The van der Waals surface area contributed by atoms with Gasteiger partial charge in [-0.3, -0.25) is 5.41 Å². The molecular formula is C23H17ClN4O2. The number of aryl methyl sites for hydroxylation is 1. The van der Waals surface area contributed by atoms with E-state index in [1.54, 1.807) is 31.2 Å². The lowest BCUT2D eigenvalue weighted by Gasteiger charge is -2.49. The molecule has 7 heteroatoms. The van der Waals surface area contributed by atoms with Gasteiger partial charge in [0.1, 0.15) is 6.10 Å². The lowest BCUT2D eigenvalue weighted by molar-refractivity contribution is -0.288. The maximum Gasteiger partial charge on any atom is 0.244 e. The third kappa shape index (κ3) is 2.17. The molecule has 2 aliphatic heterocycles. The van der Waals surface area contributed by atoms with Crippen LogP contribution in [0.4, 0.5) is 0 Å². The van der Waals surface area contributed by atoms with Crippen LogP contribution in [0.3, 0.4) is 0 Å². The number of benzene rings is 2. The molecule has 2 bridgehead atoms. The van der Waals surface area contributed by atoms with E-state index in [4.69, 9.17) is 26.5 Å². The first kappa shape index (κ1) is 19.9. The van der Waals surface area contributed by atoms with Crippen molar-refractivity contribution in [2.45, 2.75) is 25.7 Å². The maximum atomic E-state index is 10.3. The Labute approximate surface area is 179 Å². The highest BCUT2D eigenvalue weighted by molar-refractivity contribution is 6.31. The number of nitrogens with one attached hydrogen (secondary N) is 1. The molecule has 1 N–H and O–H groups in total. The SMILES string of the molecule is Cc1ccc(C23OC(=N)C(C#N)(C2C)C(C#N)(C#N)C(c2ccccc2Cl)O3)cc1. The van der Waals surface area contributed by atoms with E-state index in [-0.39, 0.29) is 0 Å². The van der Waals surface area contributed by atoms with E-state index in [0.29, 0.717) is 16.1 Å². The van der Waals surface area contributed by atoms with Crippen molar-refractivity contribution < 1.29 is 9.47 Å². The molecule has 0 spiro atoms. The summed E-state index contributed by atoms with van der Waals surface area (Å²) in [5, 5.41) is 39.6. The van der Waals surface area contributed by atoms with E-state index in [1.165, 1.54) is 0 Å². The number of fused-ring (bicyclic) bond motifs is 2. The number of rotatable bonds is 2. The van der Waals surface area contributed by atoms with Gasteiger partial charge in [-0.05, 0) is 13.0 Å². The van der Waals surface area contributed by atoms with Crippen LogP contribution in [0.2, 0.25) is 5.02 Å². The van der Waals surface area contributed by atoms with Crippen molar-refractivity contribution in [2.75, 3.05) is 0 Å². The molecule has 2 fully saturated rings. The van der Waals surface area contributed by atoms with Crippen molar-refractivity contribution in [3.63, 3.8) is 0 Å². The van der Waals surface area contributed by atoms with Crippen LogP contribution in [-0.2, 0) is 15.3 Å². The molecular weight excluding hydrogens is 400 g/mol. The summed E-state index contributed by atoms with van der Waals surface area (Å²) in [5.74, 6) is -2.76. The fourth-order valence-corrected chi connectivity index (χ4v) is 4.86. The normalized spacial score (nSPS) is 31.1. The third-order valence-electron chi connectivity index (χ3n) is 6.31. The molecule has 0 aromatic heterocycles. The van der Waals surface area contributed by atoms with Crippen molar-refractivity contribution in [2.24, 2.45) is 16.7 Å². The number of halogens is 1. The average Bonchev–Trinajstić information content (AvgIpc) is 2.91. The van der Waals surface area contributed by atoms with Gasteiger partial charge >= 0.3 is 0 Å².